The number of aryl methyl sites for hydroxylation is 3. The van der Waals surface area contributed by atoms with Crippen molar-refractivity contribution < 1.29 is 9.90 Å². The van der Waals surface area contributed by atoms with Crippen LogP contribution in [-0.4, -0.2) is 15.6 Å². The second kappa shape index (κ2) is 5.01. The van der Waals surface area contributed by atoms with E-state index < -0.39 is 5.97 Å². The number of rotatable bonds is 3. The van der Waals surface area contributed by atoms with Crippen LogP contribution in [0, 0.1) is 20.8 Å². The van der Waals surface area contributed by atoms with Crippen LogP contribution in [0.2, 0.25) is 0 Å². The number of aliphatic carboxylic acids is 1. The Morgan fingerprint density at radius 1 is 1.21 bits per heavy atom. The lowest BCUT2D eigenvalue weighted by atomic mass is 9.99. The minimum Gasteiger partial charge on any atom is -0.480 e. The van der Waals surface area contributed by atoms with Gasteiger partial charge in [0, 0.05) is 10.9 Å². The smallest absolute Gasteiger partial charge is 0.323 e. The minimum absolute atomic E-state index is 0.241. The zero-order valence-electron chi connectivity index (χ0n) is 11.1. The molecule has 0 atom stereocenters. The molecule has 5 heteroatoms. The van der Waals surface area contributed by atoms with Gasteiger partial charge in [0.2, 0.25) is 0 Å². The molecule has 1 aromatic carbocycles. The van der Waals surface area contributed by atoms with Gasteiger partial charge in [-0.05, 0) is 43.5 Å². The molecule has 0 fully saturated rings. The van der Waals surface area contributed by atoms with Crippen molar-refractivity contribution in [1.29, 1.82) is 0 Å². The third kappa shape index (κ3) is 2.61. The Morgan fingerprint density at radius 2 is 1.84 bits per heavy atom. The third-order valence-electron chi connectivity index (χ3n) is 3.19. The van der Waals surface area contributed by atoms with Crippen molar-refractivity contribution >= 4 is 17.3 Å². The summed E-state index contributed by atoms with van der Waals surface area (Å²) >= 11 is 1.03. The normalized spacial score (nSPS) is 10.7. The van der Waals surface area contributed by atoms with E-state index in [0.717, 1.165) is 28.0 Å². The molecule has 0 bridgehead atoms. The summed E-state index contributed by atoms with van der Waals surface area (Å²) in [7, 11) is 0. The fourth-order valence-electron chi connectivity index (χ4n) is 2.06. The highest BCUT2D eigenvalue weighted by Gasteiger charge is 2.14. The summed E-state index contributed by atoms with van der Waals surface area (Å²) in [6.45, 7) is 5.70. The van der Waals surface area contributed by atoms with Crippen LogP contribution in [-0.2, 0) is 11.3 Å². The summed E-state index contributed by atoms with van der Waals surface area (Å²) in [5.41, 5.74) is 4.95. The number of carbonyl (C=O) groups is 1. The summed E-state index contributed by atoms with van der Waals surface area (Å²) in [4.78, 5) is 22.3. The highest BCUT2D eigenvalue weighted by atomic mass is 32.1. The van der Waals surface area contributed by atoms with Crippen molar-refractivity contribution in [2.45, 2.75) is 27.3 Å². The fourth-order valence-corrected chi connectivity index (χ4v) is 2.82. The number of thiazole rings is 1. The molecule has 1 aromatic heterocycles. The molecular formula is C14H15NO3S. The molecule has 1 N–H and O–H groups in total. The van der Waals surface area contributed by atoms with E-state index in [9.17, 15) is 9.59 Å². The van der Waals surface area contributed by atoms with Crippen molar-refractivity contribution in [2.75, 3.05) is 0 Å². The van der Waals surface area contributed by atoms with Crippen molar-refractivity contribution in [2.24, 2.45) is 0 Å². The van der Waals surface area contributed by atoms with Gasteiger partial charge in [-0.15, -0.1) is 0 Å². The first kappa shape index (κ1) is 13.5. The molecule has 0 radical (unpaired) electrons. The quantitative estimate of drug-likeness (QED) is 0.938. The predicted molar refractivity (Wildman–Crippen MR) is 75.9 cm³/mol. The number of nitrogens with zero attached hydrogens (tertiary/aromatic N) is 1. The second-order valence-electron chi connectivity index (χ2n) is 4.62. The Labute approximate surface area is 115 Å². The molecule has 0 amide bonds. The van der Waals surface area contributed by atoms with Gasteiger partial charge in [0.15, 0.2) is 0 Å². The Hall–Kier alpha value is -1.88. The first-order valence-corrected chi connectivity index (χ1v) is 6.76. The Morgan fingerprint density at radius 3 is 2.47 bits per heavy atom. The molecule has 100 valence electrons. The fraction of sp³-hybridized carbons (Fsp3) is 0.286. The predicted octanol–water partition coefficient (Wildman–Crippen LogP) is 2.59. The lowest BCUT2D eigenvalue weighted by molar-refractivity contribution is -0.137. The number of aromatic nitrogens is 1. The standard InChI is InChI=1S/C14H15NO3S/c1-8-4-10(3)11(5-9(8)2)12-7-19-14(18)15(12)6-13(16)17/h4-5,7H,6H2,1-3H3,(H,16,17). The molecule has 0 unspecified atom stereocenters. The average molecular weight is 277 g/mol. The van der Waals surface area contributed by atoms with Gasteiger partial charge >= 0.3 is 10.8 Å². The molecule has 2 aromatic rings. The van der Waals surface area contributed by atoms with E-state index in [0.29, 0.717) is 5.69 Å². The van der Waals surface area contributed by atoms with Crippen molar-refractivity contribution in [3.05, 3.63) is 43.9 Å². The average Bonchev–Trinajstić information content (AvgIpc) is 2.65. The Balaban J connectivity index is 2.63. The van der Waals surface area contributed by atoms with Crippen molar-refractivity contribution in [1.82, 2.24) is 4.57 Å². The first-order valence-electron chi connectivity index (χ1n) is 5.88. The van der Waals surface area contributed by atoms with E-state index >= 15 is 0 Å². The molecule has 19 heavy (non-hydrogen) atoms. The van der Waals surface area contributed by atoms with Gasteiger partial charge in [0.05, 0.1) is 5.69 Å². The van der Waals surface area contributed by atoms with E-state index in [1.54, 1.807) is 5.38 Å². The van der Waals surface area contributed by atoms with E-state index in [1.807, 2.05) is 26.8 Å². The van der Waals surface area contributed by atoms with E-state index in [4.69, 9.17) is 5.11 Å². The second-order valence-corrected chi connectivity index (χ2v) is 5.44. The highest BCUT2D eigenvalue weighted by molar-refractivity contribution is 7.07. The topological polar surface area (TPSA) is 59.3 Å². The molecule has 0 spiro atoms. The van der Waals surface area contributed by atoms with Crippen LogP contribution in [0.5, 0.6) is 0 Å². The molecule has 2 rings (SSSR count). The maximum absolute atomic E-state index is 11.7. The molecule has 0 saturated heterocycles. The number of carboxylic acid groups (broad SMARTS) is 1. The molecular weight excluding hydrogens is 262 g/mol. The summed E-state index contributed by atoms with van der Waals surface area (Å²) in [5, 5.41) is 10.6. The SMILES string of the molecule is Cc1cc(C)c(-c2csc(=O)n2CC(=O)O)cc1C. The van der Waals surface area contributed by atoms with Crippen molar-refractivity contribution in [3.63, 3.8) is 0 Å². The van der Waals surface area contributed by atoms with Gasteiger partial charge in [0.1, 0.15) is 6.54 Å². The lowest BCUT2D eigenvalue weighted by Gasteiger charge is -2.11. The molecule has 0 aliphatic rings. The third-order valence-corrected chi connectivity index (χ3v) is 3.96. The summed E-state index contributed by atoms with van der Waals surface area (Å²) in [5.74, 6) is -1.01. The van der Waals surface area contributed by atoms with Crippen molar-refractivity contribution in [3.8, 4) is 11.3 Å². The Bertz CT molecular complexity index is 697. The summed E-state index contributed by atoms with van der Waals surface area (Å²) in [6.07, 6.45) is 0. The maximum atomic E-state index is 11.7. The molecule has 4 nitrogen and oxygen atoms in total. The van der Waals surface area contributed by atoms with E-state index in [-0.39, 0.29) is 11.4 Å². The molecule has 0 aliphatic carbocycles. The number of benzene rings is 1. The monoisotopic (exact) mass is 277 g/mol. The summed E-state index contributed by atoms with van der Waals surface area (Å²) in [6, 6.07) is 4.06. The van der Waals surface area contributed by atoms with Crippen LogP contribution < -0.4 is 4.87 Å². The largest absolute Gasteiger partial charge is 0.480 e. The van der Waals surface area contributed by atoms with Gasteiger partial charge in [-0.3, -0.25) is 14.2 Å². The van der Waals surface area contributed by atoms with Crippen LogP contribution in [0.3, 0.4) is 0 Å². The summed E-state index contributed by atoms with van der Waals surface area (Å²) < 4.78 is 1.31. The first-order chi connectivity index (χ1) is 8.90. The van der Waals surface area contributed by atoms with E-state index in [1.165, 1.54) is 10.1 Å². The zero-order chi connectivity index (χ0) is 14.2. The number of hydrogen-bond acceptors (Lipinski definition) is 3. The van der Waals surface area contributed by atoms with E-state index in [2.05, 4.69) is 6.07 Å². The maximum Gasteiger partial charge on any atom is 0.323 e. The number of carboxylic acids is 1. The number of hydrogen-bond donors (Lipinski definition) is 1. The van der Waals surface area contributed by atoms with Crippen LogP contribution in [0.25, 0.3) is 11.3 Å². The Kier molecular flexibility index (Phi) is 3.57. The molecule has 1 heterocycles. The van der Waals surface area contributed by atoms with Crippen LogP contribution in [0.15, 0.2) is 22.3 Å². The van der Waals surface area contributed by atoms with Gasteiger partial charge in [0.25, 0.3) is 0 Å². The minimum atomic E-state index is -1.01. The molecule has 0 saturated carbocycles. The van der Waals surface area contributed by atoms with Crippen LogP contribution in [0.4, 0.5) is 0 Å². The van der Waals surface area contributed by atoms with Gasteiger partial charge in [-0.1, -0.05) is 17.4 Å². The highest BCUT2D eigenvalue weighted by Crippen LogP contribution is 2.26. The van der Waals surface area contributed by atoms with Gasteiger partial charge in [-0.2, -0.15) is 0 Å². The van der Waals surface area contributed by atoms with Crippen LogP contribution >= 0.6 is 11.3 Å². The van der Waals surface area contributed by atoms with Gasteiger partial charge in [-0.25, -0.2) is 0 Å². The lowest BCUT2D eigenvalue weighted by Crippen LogP contribution is -2.20. The molecule has 0 aliphatic heterocycles. The van der Waals surface area contributed by atoms with Gasteiger partial charge < -0.3 is 5.11 Å². The zero-order valence-corrected chi connectivity index (χ0v) is 11.9. The van der Waals surface area contributed by atoms with Crippen LogP contribution in [0.1, 0.15) is 16.7 Å².